The summed E-state index contributed by atoms with van der Waals surface area (Å²) in [6, 6.07) is 6.10. The number of hydrogen-bond acceptors (Lipinski definition) is 5. The van der Waals surface area contributed by atoms with Crippen molar-refractivity contribution in [2.75, 3.05) is 5.75 Å². The van der Waals surface area contributed by atoms with Crippen LogP contribution in [0.25, 0.3) is 15.9 Å². The van der Waals surface area contributed by atoms with Crippen LogP contribution in [-0.2, 0) is 17.6 Å². The Hall–Kier alpha value is -1.83. The molecule has 2 atom stereocenters. The number of rotatable bonds is 4. The first-order chi connectivity index (χ1) is 16.4. The maximum Gasteiger partial charge on any atom is 0.267 e. The molecule has 5 nitrogen and oxygen atoms in total. The molecule has 2 aromatic heterocycles. The highest BCUT2D eigenvalue weighted by atomic mass is 35.5. The second-order valence-electron chi connectivity index (χ2n) is 9.53. The highest BCUT2D eigenvalue weighted by Gasteiger charge is 2.30. The van der Waals surface area contributed by atoms with Gasteiger partial charge >= 0.3 is 0 Å². The fourth-order valence-corrected chi connectivity index (χ4v) is 7.79. The average molecular weight is 516 g/mol. The summed E-state index contributed by atoms with van der Waals surface area (Å²) in [6.45, 7) is 6.18. The van der Waals surface area contributed by atoms with Crippen LogP contribution in [0.5, 0.6) is 0 Å². The maximum absolute atomic E-state index is 14.0. The van der Waals surface area contributed by atoms with Crippen molar-refractivity contribution >= 4 is 50.8 Å². The molecule has 1 fully saturated rings. The number of fused-ring (bicyclic) bond motifs is 3. The van der Waals surface area contributed by atoms with Gasteiger partial charge in [0.05, 0.1) is 16.8 Å². The number of amides is 1. The van der Waals surface area contributed by atoms with Gasteiger partial charge in [-0.05, 0) is 89.0 Å². The Balaban J connectivity index is 1.59. The topological polar surface area (TPSA) is 55.2 Å². The van der Waals surface area contributed by atoms with Crippen LogP contribution >= 0.6 is 34.7 Å². The molecule has 1 aliphatic carbocycles. The summed E-state index contributed by atoms with van der Waals surface area (Å²) in [6.07, 6.45) is 7.44. The third-order valence-corrected chi connectivity index (χ3v) is 9.76. The number of piperidine rings is 1. The monoisotopic (exact) mass is 515 g/mol. The quantitative estimate of drug-likeness (QED) is 0.308. The van der Waals surface area contributed by atoms with E-state index in [9.17, 15) is 9.59 Å². The van der Waals surface area contributed by atoms with Gasteiger partial charge in [-0.1, -0.05) is 29.4 Å². The SMILES string of the molecule is Cc1c(Cl)cccc1-n1c(SCC(=O)N2C(C)CCCC2C)nc2sc3c(c2c1=O)CCCC3. The Morgan fingerprint density at radius 2 is 1.91 bits per heavy atom. The number of aryl methyl sites for hydroxylation is 2. The highest BCUT2D eigenvalue weighted by molar-refractivity contribution is 7.99. The fourth-order valence-electron chi connectivity index (χ4n) is 5.45. The lowest BCUT2D eigenvalue weighted by Gasteiger charge is -2.39. The predicted molar refractivity (Wildman–Crippen MR) is 142 cm³/mol. The van der Waals surface area contributed by atoms with E-state index in [1.807, 2.05) is 30.0 Å². The van der Waals surface area contributed by atoms with Crippen LogP contribution in [-0.4, -0.2) is 38.2 Å². The Labute approximate surface area is 213 Å². The van der Waals surface area contributed by atoms with Crippen LogP contribution in [0, 0.1) is 6.92 Å². The van der Waals surface area contributed by atoms with Gasteiger partial charge in [-0.25, -0.2) is 4.98 Å². The molecule has 0 N–H and O–H groups in total. The fraction of sp³-hybridized carbons (Fsp3) is 0.500. The van der Waals surface area contributed by atoms with Gasteiger partial charge < -0.3 is 4.90 Å². The van der Waals surface area contributed by atoms with E-state index in [2.05, 4.69) is 13.8 Å². The minimum absolute atomic E-state index is 0.0515. The molecular formula is C26H30ClN3O2S2. The summed E-state index contributed by atoms with van der Waals surface area (Å²) in [5.74, 6) is 0.371. The van der Waals surface area contributed by atoms with Gasteiger partial charge in [-0.2, -0.15) is 0 Å². The van der Waals surface area contributed by atoms with Gasteiger partial charge in [-0.15, -0.1) is 11.3 Å². The van der Waals surface area contributed by atoms with E-state index in [4.69, 9.17) is 16.6 Å². The Kier molecular flexibility index (Phi) is 6.79. The summed E-state index contributed by atoms with van der Waals surface area (Å²) in [5.41, 5.74) is 2.69. The summed E-state index contributed by atoms with van der Waals surface area (Å²) in [7, 11) is 0. The molecule has 1 saturated heterocycles. The number of hydrogen-bond donors (Lipinski definition) is 0. The number of benzene rings is 1. The van der Waals surface area contributed by atoms with E-state index in [1.54, 1.807) is 15.9 Å². The Morgan fingerprint density at radius 3 is 2.68 bits per heavy atom. The first-order valence-electron chi connectivity index (χ1n) is 12.1. The number of likely N-dealkylation sites (tertiary alicyclic amines) is 1. The van der Waals surface area contributed by atoms with Gasteiger partial charge in [0.15, 0.2) is 5.16 Å². The first-order valence-corrected chi connectivity index (χ1v) is 14.3. The van der Waals surface area contributed by atoms with E-state index in [0.717, 1.165) is 66.4 Å². The van der Waals surface area contributed by atoms with Crippen molar-refractivity contribution in [1.29, 1.82) is 0 Å². The zero-order valence-electron chi connectivity index (χ0n) is 19.9. The lowest BCUT2D eigenvalue weighted by atomic mass is 9.97. The smallest absolute Gasteiger partial charge is 0.267 e. The number of carbonyl (C=O) groups excluding carboxylic acids is 1. The standard InChI is InChI=1S/C26H30ClN3O2S2/c1-15-8-6-9-16(2)29(15)22(31)14-33-26-28-24-23(18-10-4-5-13-21(18)34-24)25(32)30(26)20-12-7-11-19(27)17(20)3/h7,11-12,15-16H,4-6,8-10,13-14H2,1-3H3. The van der Waals surface area contributed by atoms with E-state index >= 15 is 0 Å². The third kappa shape index (κ3) is 4.20. The summed E-state index contributed by atoms with van der Waals surface area (Å²) >= 11 is 9.45. The van der Waals surface area contributed by atoms with Gasteiger partial charge in [0.1, 0.15) is 4.83 Å². The second kappa shape index (κ2) is 9.67. The van der Waals surface area contributed by atoms with Crippen molar-refractivity contribution in [2.24, 2.45) is 0 Å². The number of thioether (sulfide) groups is 1. The Bertz CT molecular complexity index is 1310. The molecular weight excluding hydrogens is 486 g/mol. The molecule has 0 spiro atoms. The van der Waals surface area contributed by atoms with Crippen molar-refractivity contribution < 1.29 is 4.79 Å². The minimum Gasteiger partial charge on any atom is -0.337 e. The maximum atomic E-state index is 14.0. The van der Waals surface area contributed by atoms with E-state index < -0.39 is 0 Å². The number of aromatic nitrogens is 2. The molecule has 1 aliphatic heterocycles. The predicted octanol–water partition coefficient (Wildman–Crippen LogP) is 6.17. The molecule has 3 heterocycles. The summed E-state index contributed by atoms with van der Waals surface area (Å²) in [4.78, 5) is 36.3. The summed E-state index contributed by atoms with van der Waals surface area (Å²) in [5, 5.41) is 1.92. The molecule has 3 aromatic rings. The van der Waals surface area contributed by atoms with Gasteiger partial charge in [0.25, 0.3) is 5.56 Å². The zero-order chi connectivity index (χ0) is 24.0. The van der Waals surface area contributed by atoms with E-state index in [1.165, 1.54) is 22.2 Å². The van der Waals surface area contributed by atoms with Crippen molar-refractivity contribution in [3.05, 3.63) is 49.6 Å². The van der Waals surface area contributed by atoms with Crippen LogP contribution < -0.4 is 5.56 Å². The Morgan fingerprint density at radius 1 is 1.18 bits per heavy atom. The largest absolute Gasteiger partial charge is 0.337 e. The molecule has 0 saturated carbocycles. The molecule has 1 amide bonds. The average Bonchev–Trinajstić information content (AvgIpc) is 3.18. The third-order valence-electron chi connectivity index (χ3n) is 7.24. The van der Waals surface area contributed by atoms with Gasteiger partial charge in [0, 0.05) is 22.0 Å². The first kappa shape index (κ1) is 23.9. The van der Waals surface area contributed by atoms with Crippen LogP contribution in [0.3, 0.4) is 0 Å². The van der Waals surface area contributed by atoms with Crippen LogP contribution in [0.15, 0.2) is 28.2 Å². The van der Waals surface area contributed by atoms with E-state index in [0.29, 0.717) is 10.2 Å². The minimum atomic E-state index is -0.0515. The van der Waals surface area contributed by atoms with Crippen molar-refractivity contribution in [1.82, 2.24) is 14.5 Å². The molecule has 0 bridgehead atoms. The molecule has 8 heteroatoms. The lowest BCUT2D eigenvalue weighted by molar-refractivity contribution is -0.134. The van der Waals surface area contributed by atoms with Crippen molar-refractivity contribution in [3.8, 4) is 5.69 Å². The number of carbonyl (C=O) groups is 1. The van der Waals surface area contributed by atoms with E-state index in [-0.39, 0.29) is 29.3 Å². The molecule has 1 aromatic carbocycles. The number of nitrogens with zero attached hydrogens (tertiary/aromatic N) is 3. The van der Waals surface area contributed by atoms with Crippen LogP contribution in [0.1, 0.15) is 62.0 Å². The molecule has 5 rings (SSSR count). The molecule has 34 heavy (non-hydrogen) atoms. The van der Waals surface area contributed by atoms with Gasteiger partial charge in [0.2, 0.25) is 5.91 Å². The molecule has 2 unspecified atom stereocenters. The van der Waals surface area contributed by atoms with Crippen molar-refractivity contribution in [3.63, 3.8) is 0 Å². The number of halogens is 1. The van der Waals surface area contributed by atoms with Gasteiger partial charge in [-0.3, -0.25) is 14.2 Å². The molecule has 180 valence electrons. The normalized spacial score (nSPS) is 20.5. The molecule has 0 radical (unpaired) electrons. The zero-order valence-corrected chi connectivity index (χ0v) is 22.3. The molecule has 2 aliphatic rings. The van der Waals surface area contributed by atoms with Crippen LogP contribution in [0.4, 0.5) is 0 Å². The number of thiophene rings is 1. The summed E-state index contributed by atoms with van der Waals surface area (Å²) < 4.78 is 1.69. The second-order valence-corrected chi connectivity index (χ2v) is 12.0. The lowest BCUT2D eigenvalue weighted by Crippen LogP contribution is -2.48. The van der Waals surface area contributed by atoms with Crippen molar-refractivity contribution in [2.45, 2.75) is 83.0 Å². The highest BCUT2D eigenvalue weighted by Crippen LogP contribution is 2.36. The van der Waals surface area contributed by atoms with Crippen LogP contribution in [0.2, 0.25) is 5.02 Å².